The number of rotatable bonds is 8. The van der Waals surface area contributed by atoms with Gasteiger partial charge in [0.05, 0.1) is 47.9 Å². The average molecular weight is 419 g/mol. The van der Waals surface area contributed by atoms with Crippen LogP contribution >= 0.6 is 0 Å². The van der Waals surface area contributed by atoms with E-state index in [1.807, 2.05) is 9.36 Å². The minimum atomic E-state index is -0.00424. The fourth-order valence-electron chi connectivity index (χ4n) is 4.08. The summed E-state index contributed by atoms with van der Waals surface area (Å²) < 4.78 is 16.7. The van der Waals surface area contributed by atoms with E-state index in [1.54, 1.807) is 0 Å². The summed E-state index contributed by atoms with van der Waals surface area (Å²) >= 11 is 0. The molecule has 8 nitrogen and oxygen atoms in total. The van der Waals surface area contributed by atoms with Crippen molar-refractivity contribution in [3.63, 3.8) is 0 Å². The van der Waals surface area contributed by atoms with E-state index >= 15 is 0 Å². The molecule has 2 aromatic rings. The van der Waals surface area contributed by atoms with Crippen LogP contribution in [-0.2, 0) is 9.47 Å². The Labute approximate surface area is 180 Å². The van der Waals surface area contributed by atoms with Crippen LogP contribution in [0.4, 0.5) is 0 Å². The summed E-state index contributed by atoms with van der Waals surface area (Å²) in [4.78, 5) is 0. The maximum Gasteiger partial charge on any atom is 0.0852 e. The molecule has 3 rings (SSSR count). The molecular weight excluding hydrogens is 380 g/mol. The molecule has 1 saturated carbocycles. The minimum Gasteiger partial charge on any atom is -0.373 e. The van der Waals surface area contributed by atoms with Gasteiger partial charge >= 0.3 is 0 Å². The van der Waals surface area contributed by atoms with E-state index in [0.29, 0.717) is 11.8 Å². The van der Waals surface area contributed by atoms with E-state index in [1.165, 1.54) is 0 Å². The minimum absolute atomic E-state index is 0.00424. The van der Waals surface area contributed by atoms with Gasteiger partial charge in [0.2, 0.25) is 0 Å². The molecular formula is C22H38N6O2. The van der Waals surface area contributed by atoms with Crippen LogP contribution in [0.1, 0.15) is 104 Å². The average Bonchev–Trinajstić information content (AvgIpc) is 3.31. The molecule has 0 N–H and O–H groups in total. The van der Waals surface area contributed by atoms with Crippen molar-refractivity contribution in [2.75, 3.05) is 0 Å². The lowest BCUT2D eigenvalue weighted by molar-refractivity contribution is -0.116. The summed E-state index contributed by atoms with van der Waals surface area (Å²) in [6.07, 6.45) is 5.93. The highest BCUT2D eigenvalue weighted by Crippen LogP contribution is 2.39. The molecule has 4 unspecified atom stereocenters. The van der Waals surface area contributed by atoms with Crippen LogP contribution in [0, 0.1) is 0 Å². The van der Waals surface area contributed by atoms with Gasteiger partial charge in [-0.1, -0.05) is 38.1 Å². The molecule has 0 bridgehead atoms. The molecule has 1 aliphatic carbocycles. The first-order valence-electron chi connectivity index (χ1n) is 11.3. The summed E-state index contributed by atoms with van der Waals surface area (Å²) in [5, 5.41) is 17.7. The van der Waals surface area contributed by atoms with Gasteiger partial charge in [0.1, 0.15) is 0 Å². The third-order valence-corrected chi connectivity index (χ3v) is 5.62. The first kappa shape index (κ1) is 22.9. The second kappa shape index (κ2) is 9.56. The molecule has 0 radical (unpaired) electrons. The van der Waals surface area contributed by atoms with Crippen LogP contribution in [0.15, 0.2) is 12.4 Å². The van der Waals surface area contributed by atoms with Crippen molar-refractivity contribution in [1.29, 1.82) is 0 Å². The van der Waals surface area contributed by atoms with Crippen LogP contribution in [-0.4, -0.2) is 54.4 Å². The Bertz CT molecular complexity index is 731. The van der Waals surface area contributed by atoms with Crippen molar-refractivity contribution < 1.29 is 9.47 Å². The smallest absolute Gasteiger partial charge is 0.0852 e. The fourth-order valence-corrected chi connectivity index (χ4v) is 4.08. The summed E-state index contributed by atoms with van der Waals surface area (Å²) in [6, 6.07) is 0.140. The second-order valence-electron chi connectivity index (χ2n) is 9.61. The number of nitrogens with zero attached hydrogens (tertiary/aromatic N) is 6. The Morgan fingerprint density at radius 2 is 1.07 bits per heavy atom. The first-order valence-corrected chi connectivity index (χ1v) is 11.3. The number of hydrogen-bond donors (Lipinski definition) is 0. The molecule has 168 valence electrons. The molecule has 2 heterocycles. The first-order chi connectivity index (χ1) is 14.2. The topological polar surface area (TPSA) is 79.9 Å². The molecule has 8 heteroatoms. The molecule has 1 aliphatic rings. The van der Waals surface area contributed by atoms with Crippen molar-refractivity contribution in [2.24, 2.45) is 0 Å². The molecule has 4 atom stereocenters. The predicted molar refractivity (Wildman–Crippen MR) is 116 cm³/mol. The number of aromatic nitrogens is 6. The van der Waals surface area contributed by atoms with E-state index in [-0.39, 0.29) is 36.5 Å². The Morgan fingerprint density at radius 1 is 0.700 bits per heavy atom. The van der Waals surface area contributed by atoms with E-state index in [0.717, 1.165) is 24.2 Å². The van der Waals surface area contributed by atoms with Crippen molar-refractivity contribution in [3.8, 4) is 0 Å². The van der Waals surface area contributed by atoms with E-state index in [2.05, 4.69) is 88.4 Å². The SMILES string of the molecule is CC(C)OC1CC(n2cc(C(C)C)nn2)C(OC(C)C)CC1n1cc(C(C)C)nn1. The zero-order valence-corrected chi connectivity index (χ0v) is 19.7. The van der Waals surface area contributed by atoms with Crippen LogP contribution in [0.5, 0.6) is 0 Å². The lowest BCUT2D eigenvalue weighted by Gasteiger charge is -2.42. The monoisotopic (exact) mass is 418 g/mol. The molecule has 0 saturated heterocycles. The van der Waals surface area contributed by atoms with Crippen LogP contribution in [0.2, 0.25) is 0 Å². The lowest BCUT2D eigenvalue weighted by atomic mass is 9.85. The molecule has 0 aliphatic heterocycles. The highest BCUT2D eigenvalue weighted by Gasteiger charge is 2.42. The predicted octanol–water partition coefficient (Wildman–Crippen LogP) is 4.28. The van der Waals surface area contributed by atoms with E-state index in [9.17, 15) is 0 Å². The van der Waals surface area contributed by atoms with Gasteiger partial charge in [-0.3, -0.25) is 0 Å². The standard InChI is InChI=1S/C22H38N6O2/c1-13(2)17-11-27(25-23-17)19-9-22(30-16(7)8)20(10-21(19)29-15(5)6)28-12-18(14(3)4)24-26-28/h11-16,19-22H,9-10H2,1-8H3. The van der Waals surface area contributed by atoms with Gasteiger partial charge in [-0.25, -0.2) is 9.36 Å². The molecule has 30 heavy (non-hydrogen) atoms. The van der Waals surface area contributed by atoms with E-state index < -0.39 is 0 Å². The maximum atomic E-state index is 6.38. The van der Waals surface area contributed by atoms with E-state index in [4.69, 9.17) is 9.47 Å². The largest absolute Gasteiger partial charge is 0.373 e. The van der Waals surface area contributed by atoms with Crippen LogP contribution < -0.4 is 0 Å². The molecule has 1 fully saturated rings. The third kappa shape index (κ3) is 5.27. The third-order valence-electron chi connectivity index (χ3n) is 5.62. The zero-order chi connectivity index (χ0) is 22.0. The fraction of sp³-hybridized carbons (Fsp3) is 0.818. The van der Waals surface area contributed by atoms with Crippen molar-refractivity contribution in [2.45, 2.75) is 117 Å². The highest BCUT2D eigenvalue weighted by molar-refractivity contribution is 5.04. The number of hydrogen-bond acceptors (Lipinski definition) is 6. The van der Waals surface area contributed by atoms with Gasteiger partial charge in [-0.15, -0.1) is 10.2 Å². The molecule has 0 aromatic carbocycles. The van der Waals surface area contributed by atoms with Gasteiger partial charge in [0, 0.05) is 25.2 Å². The van der Waals surface area contributed by atoms with Gasteiger partial charge in [0.15, 0.2) is 0 Å². The normalized spacial score (nSPS) is 25.2. The van der Waals surface area contributed by atoms with Crippen molar-refractivity contribution >= 4 is 0 Å². The summed E-state index contributed by atoms with van der Waals surface area (Å²) in [7, 11) is 0. The quantitative estimate of drug-likeness (QED) is 0.636. The molecule has 0 amide bonds. The second-order valence-corrected chi connectivity index (χ2v) is 9.61. The Kier molecular flexibility index (Phi) is 7.29. The van der Waals surface area contributed by atoms with Gasteiger partial charge in [-0.05, 0) is 39.5 Å². The Morgan fingerprint density at radius 3 is 1.33 bits per heavy atom. The van der Waals surface area contributed by atoms with Gasteiger partial charge in [-0.2, -0.15) is 0 Å². The van der Waals surface area contributed by atoms with Crippen molar-refractivity contribution in [1.82, 2.24) is 30.0 Å². The lowest BCUT2D eigenvalue weighted by Crippen LogP contribution is -2.45. The number of ether oxygens (including phenoxy) is 2. The van der Waals surface area contributed by atoms with Gasteiger partial charge < -0.3 is 9.47 Å². The van der Waals surface area contributed by atoms with Crippen LogP contribution in [0.25, 0.3) is 0 Å². The molecule has 0 spiro atoms. The van der Waals surface area contributed by atoms with Gasteiger partial charge in [0.25, 0.3) is 0 Å². The van der Waals surface area contributed by atoms with Crippen LogP contribution in [0.3, 0.4) is 0 Å². The van der Waals surface area contributed by atoms with Crippen molar-refractivity contribution in [3.05, 3.63) is 23.8 Å². The highest BCUT2D eigenvalue weighted by atomic mass is 16.5. The summed E-state index contributed by atoms with van der Waals surface area (Å²) in [5.74, 6) is 0.679. The Hall–Kier alpha value is -1.80. The summed E-state index contributed by atoms with van der Waals surface area (Å²) in [5.41, 5.74) is 2.00. The zero-order valence-electron chi connectivity index (χ0n) is 19.7. The molecule has 2 aromatic heterocycles. The summed E-state index contributed by atoms with van der Waals surface area (Å²) in [6.45, 7) is 16.9. The maximum absolute atomic E-state index is 6.38. The Balaban J connectivity index is 1.92.